The Morgan fingerprint density at radius 1 is 0.793 bits per heavy atom. The Labute approximate surface area is 198 Å². The van der Waals surface area contributed by atoms with Crippen molar-refractivity contribution in [3.63, 3.8) is 0 Å². The number of benzene rings is 2. The third kappa shape index (κ3) is 12.3. The number of nitrogens with one attached hydrogen (secondary N) is 2. The van der Waals surface area contributed by atoms with Crippen LogP contribution in [0.5, 0.6) is 0 Å². The summed E-state index contributed by atoms with van der Waals surface area (Å²) >= 11 is 0. The van der Waals surface area contributed by atoms with Crippen LogP contribution >= 0.6 is 0 Å². The Bertz CT molecular complexity index is 853. The molecule has 0 aliphatic rings. The van der Waals surface area contributed by atoms with Gasteiger partial charge in [0.2, 0.25) is 20.0 Å². The SMILES string of the molecule is CNS(=O)(=O)CCc1c[c-]c(N)cc1.CNS(=O)(=O)CCc1ccc(N)cc1.[Y]. The van der Waals surface area contributed by atoms with Crippen molar-refractivity contribution >= 4 is 31.4 Å². The van der Waals surface area contributed by atoms with E-state index >= 15 is 0 Å². The predicted octanol–water partition coefficient (Wildman–Crippen LogP) is 0.519. The molecular formula is C18H27N4O4S2Y-. The van der Waals surface area contributed by atoms with Gasteiger partial charge in [0.15, 0.2) is 0 Å². The minimum absolute atomic E-state index is 0. The zero-order chi connectivity index (χ0) is 21.2. The first kappa shape index (κ1) is 28.0. The Balaban J connectivity index is 0.000000523. The van der Waals surface area contributed by atoms with Crippen molar-refractivity contribution in [1.29, 1.82) is 0 Å². The number of anilines is 2. The van der Waals surface area contributed by atoms with Crippen LogP contribution in [-0.4, -0.2) is 42.4 Å². The van der Waals surface area contributed by atoms with E-state index in [0.29, 0.717) is 24.2 Å². The van der Waals surface area contributed by atoms with E-state index in [4.69, 9.17) is 11.5 Å². The molecule has 2 aromatic carbocycles. The molecule has 0 aliphatic carbocycles. The second kappa shape index (κ2) is 13.3. The normalized spacial score (nSPS) is 11.1. The maximum Gasteiger partial charge on any atom is 0.211 e. The van der Waals surface area contributed by atoms with Gasteiger partial charge in [0, 0.05) is 38.4 Å². The smallest absolute Gasteiger partial charge is 0.211 e. The number of hydrogen-bond acceptors (Lipinski definition) is 6. The van der Waals surface area contributed by atoms with E-state index < -0.39 is 20.0 Å². The van der Waals surface area contributed by atoms with Crippen LogP contribution in [0.2, 0.25) is 0 Å². The third-order valence-corrected chi connectivity index (χ3v) is 6.55. The molecule has 0 bridgehead atoms. The van der Waals surface area contributed by atoms with Crippen molar-refractivity contribution in [2.75, 3.05) is 37.1 Å². The van der Waals surface area contributed by atoms with Gasteiger partial charge in [-0.3, -0.25) is 0 Å². The van der Waals surface area contributed by atoms with Gasteiger partial charge in [-0.2, -0.15) is 23.8 Å². The van der Waals surface area contributed by atoms with Gasteiger partial charge in [-0.15, -0.1) is 6.07 Å². The van der Waals surface area contributed by atoms with Crippen molar-refractivity contribution in [3.05, 3.63) is 59.7 Å². The van der Waals surface area contributed by atoms with E-state index in [2.05, 4.69) is 15.5 Å². The van der Waals surface area contributed by atoms with Crippen molar-refractivity contribution < 1.29 is 49.5 Å². The predicted molar refractivity (Wildman–Crippen MR) is 114 cm³/mol. The second-order valence-corrected chi connectivity index (χ2v) is 10.0. The van der Waals surface area contributed by atoms with Crippen LogP contribution in [-0.2, 0) is 65.6 Å². The van der Waals surface area contributed by atoms with Crippen LogP contribution < -0.4 is 20.9 Å². The molecule has 0 heterocycles. The molecule has 2 rings (SSSR count). The van der Waals surface area contributed by atoms with Gasteiger partial charge in [-0.1, -0.05) is 24.2 Å². The topological polar surface area (TPSA) is 144 Å². The fourth-order valence-electron chi connectivity index (χ4n) is 2.02. The Hall–Kier alpha value is -1.04. The van der Waals surface area contributed by atoms with Crippen LogP contribution in [0.1, 0.15) is 11.1 Å². The van der Waals surface area contributed by atoms with Crippen molar-refractivity contribution in [2.45, 2.75) is 12.8 Å². The maximum atomic E-state index is 11.1. The first-order chi connectivity index (χ1) is 13.1. The van der Waals surface area contributed by atoms with Crippen LogP contribution in [0, 0.1) is 6.07 Å². The van der Waals surface area contributed by atoms with Crippen LogP contribution in [0.3, 0.4) is 0 Å². The van der Waals surface area contributed by atoms with E-state index in [9.17, 15) is 16.8 Å². The fraction of sp³-hybridized carbons (Fsp3) is 0.333. The molecule has 0 aliphatic heterocycles. The largest absolute Gasteiger partial charge is 0.420 e. The molecule has 0 unspecified atom stereocenters. The van der Waals surface area contributed by atoms with E-state index in [-0.39, 0.29) is 44.2 Å². The summed E-state index contributed by atoms with van der Waals surface area (Å²) in [7, 11) is -3.41. The molecule has 0 saturated heterocycles. The van der Waals surface area contributed by atoms with Crippen molar-refractivity contribution in [2.24, 2.45) is 0 Å². The number of nitrogens with two attached hydrogens (primary N) is 2. The van der Waals surface area contributed by atoms with Crippen LogP contribution in [0.25, 0.3) is 0 Å². The average molecular weight is 516 g/mol. The van der Waals surface area contributed by atoms with Crippen molar-refractivity contribution in [3.8, 4) is 0 Å². The minimum atomic E-state index is -3.12. The molecule has 0 fully saturated rings. The summed E-state index contributed by atoms with van der Waals surface area (Å²) in [5, 5.41) is 0. The Morgan fingerprint density at radius 3 is 1.66 bits per heavy atom. The fourth-order valence-corrected chi connectivity index (χ4v) is 3.43. The van der Waals surface area contributed by atoms with Gasteiger partial charge in [-0.05, 0) is 38.2 Å². The van der Waals surface area contributed by atoms with Gasteiger partial charge in [0.25, 0.3) is 0 Å². The van der Waals surface area contributed by atoms with E-state index in [1.54, 1.807) is 30.3 Å². The first-order valence-corrected chi connectivity index (χ1v) is 11.8. The van der Waals surface area contributed by atoms with Gasteiger partial charge >= 0.3 is 0 Å². The monoisotopic (exact) mass is 516 g/mol. The van der Waals surface area contributed by atoms with Gasteiger partial charge < -0.3 is 11.5 Å². The third-order valence-electron chi connectivity index (χ3n) is 3.82. The van der Waals surface area contributed by atoms with Gasteiger partial charge in [0.1, 0.15) is 0 Å². The molecule has 8 nitrogen and oxygen atoms in total. The Kier molecular flexibility index (Phi) is 12.8. The summed E-state index contributed by atoms with van der Waals surface area (Å²) in [6, 6.07) is 15.2. The number of rotatable bonds is 8. The van der Waals surface area contributed by atoms with Crippen LogP contribution in [0.4, 0.5) is 11.4 Å². The molecule has 6 N–H and O–H groups in total. The van der Waals surface area contributed by atoms with Crippen LogP contribution in [0.15, 0.2) is 42.5 Å². The summed E-state index contributed by atoms with van der Waals surface area (Å²) in [5.74, 6) is 0.189. The molecule has 11 heteroatoms. The summed E-state index contributed by atoms with van der Waals surface area (Å²) in [6.45, 7) is 0. The zero-order valence-electron chi connectivity index (χ0n) is 16.6. The van der Waals surface area contributed by atoms with E-state index in [0.717, 1.165) is 11.1 Å². The standard InChI is InChI=1S/C9H14N2O2S.C9H13N2O2S.Y/c2*1-11-14(12,13)7-6-8-2-4-9(10)5-3-8;/h2-5,11H,6-7,10H2,1H3;2-4,11H,6-7,10H2,1H3;/q;-1;. The molecule has 159 valence electrons. The molecule has 0 saturated carbocycles. The molecule has 0 spiro atoms. The summed E-state index contributed by atoms with van der Waals surface area (Å²) in [5.41, 5.74) is 14.1. The summed E-state index contributed by atoms with van der Waals surface area (Å²) in [4.78, 5) is 0. The maximum absolute atomic E-state index is 11.1. The zero-order valence-corrected chi connectivity index (χ0v) is 21.0. The molecule has 1 radical (unpaired) electrons. The second-order valence-electron chi connectivity index (χ2n) is 5.94. The summed E-state index contributed by atoms with van der Waals surface area (Å²) in [6.07, 6.45) is 0.976. The molecule has 29 heavy (non-hydrogen) atoms. The van der Waals surface area contributed by atoms with Gasteiger partial charge in [-0.25, -0.2) is 26.3 Å². The summed E-state index contributed by atoms with van der Waals surface area (Å²) < 4.78 is 48.9. The van der Waals surface area contributed by atoms with Gasteiger partial charge in [0.05, 0.1) is 11.5 Å². The average Bonchev–Trinajstić information content (AvgIpc) is 2.68. The van der Waals surface area contributed by atoms with Crippen molar-refractivity contribution in [1.82, 2.24) is 9.44 Å². The van der Waals surface area contributed by atoms with E-state index in [1.165, 1.54) is 14.1 Å². The Morgan fingerprint density at radius 2 is 1.24 bits per heavy atom. The quantitative estimate of drug-likeness (QED) is 0.298. The number of sulfonamides is 2. The molecule has 0 atom stereocenters. The molecular weight excluding hydrogens is 489 g/mol. The molecule has 2 aromatic rings. The first-order valence-electron chi connectivity index (χ1n) is 8.50. The number of hydrogen-bond donors (Lipinski definition) is 4. The van der Waals surface area contributed by atoms with E-state index in [1.807, 2.05) is 12.1 Å². The molecule has 0 aromatic heterocycles. The molecule has 0 amide bonds. The minimum Gasteiger partial charge on any atom is -0.420 e. The number of aryl methyl sites for hydroxylation is 2. The number of nitrogen functional groups attached to an aromatic ring is 2.